The highest BCUT2D eigenvalue weighted by molar-refractivity contribution is 6.04. The van der Waals surface area contributed by atoms with Crippen molar-refractivity contribution in [3.63, 3.8) is 0 Å². The molecule has 0 radical (unpaired) electrons. The molecular weight excluding hydrogens is 526 g/mol. The van der Waals surface area contributed by atoms with Crippen molar-refractivity contribution in [1.29, 1.82) is 0 Å². The molecule has 3 atom stereocenters. The van der Waals surface area contributed by atoms with E-state index in [9.17, 15) is 9.59 Å². The summed E-state index contributed by atoms with van der Waals surface area (Å²) in [7, 11) is 3.80. The van der Waals surface area contributed by atoms with Crippen molar-refractivity contribution < 1.29 is 14.3 Å². The second-order valence-corrected chi connectivity index (χ2v) is 12.1. The molecule has 3 saturated heterocycles. The Morgan fingerprint density at radius 1 is 0.905 bits per heavy atom. The van der Waals surface area contributed by atoms with E-state index in [1.54, 1.807) is 13.3 Å². The predicted octanol–water partition coefficient (Wildman–Crippen LogP) is 5.39. The Balaban J connectivity index is 1.05. The van der Waals surface area contributed by atoms with Crippen molar-refractivity contribution in [2.24, 2.45) is 0 Å². The maximum Gasteiger partial charge on any atom is 0.257 e. The van der Waals surface area contributed by atoms with Crippen LogP contribution in [-0.2, 0) is 0 Å². The lowest BCUT2D eigenvalue weighted by Crippen LogP contribution is -2.50. The molecule has 0 saturated carbocycles. The maximum atomic E-state index is 13.1. The second-order valence-electron chi connectivity index (χ2n) is 12.1. The molecule has 8 nitrogen and oxygen atoms in total. The van der Waals surface area contributed by atoms with Gasteiger partial charge < -0.3 is 25.2 Å². The van der Waals surface area contributed by atoms with E-state index >= 15 is 0 Å². The summed E-state index contributed by atoms with van der Waals surface area (Å²) in [6, 6.07) is 18.5. The van der Waals surface area contributed by atoms with Gasteiger partial charge in [0.05, 0.1) is 12.7 Å². The first-order chi connectivity index (χ1) is 20.4. The number of nitrogens with zero attached hydrogens (tertiary/aromatic N) is 3. The third-order valence-electron chi connectivity index (χ3n) is 9.45. The van der Waals surface area contributed by atoms with Gasteiger partial charge in [0, 0.05) is 41.1 Å². The first-order valence-electron chi connectivity index (χ1n) is 15.2. The summed E-state index contributed by atoms with van der Waals surface area (Å²) in [5, 5.41) is 6.30. The number of nitrogens with one attached hydrogen (secondary N) is 2. The number of carbonyl (C=O) groups excluding carboxylic acids is 2. The van der Waals surface area contributed by atoms with Gasteiger partial charge in [0.2, 0.25) is 0 Å². The number of carbonyl (C=O) groups is 2. The van der Waals surface area contributed by atoms with Crippen LogP contribution >= 0.6 is 0 Å². The number of benzene rings is 2. The van der Waals surface area contributed by atoms with Gasteiger partial charge in [-0.1, -0.05) is 18.2 Å². The van der Waals surface area contributed by atoms with Crippen molar-refractivity contribution in [1.82, 2.24) is 15.2 Å². The van der Waals surface area contributed by atoms with Gasteiger partial charge in [0.15, 0.2) is 0 Å². The molecule has 2 N–H and O–H groups in total. The van der Waals surface area contributed by atoms with Gasteiger partial charge in [-0.2, -0.15) is 0 Å². The maximum absolute atomic E-state index is 13.1. The lowest BCUT2D eigenvalue weighted by atomic mass is 9.89. The zero-order chi connectivity index (χ0) is 29.2. The third kappa shape index (κ3) is 5.86. The van der Waals surface area contributed by atoms with Gasteiger partial charge in [0.1, 0.15) is 11.6 Å². The first kappa shape index (κ1) is 28.2. The van der Waals surface area contributed by atoms with Crippen LogP contribution in [-0.4, -0.2) is 67.1 Å². The van der Waals surface area contributed by atoms with E-state index in [1.807, 2.05) is 49.4 Å². The largest absolute Gasteiger partial charge is 0.496 e. The number of ether oxygens (including phenoxy) is 1. The van der Waals surface area contributed by atoms with E-state index in [4.69, 9.17) is 9.72 Å². The van der Waals surface area contributed by atoms with E-state index in [1.165, 1.54) is 18.4 Å². The molecular formula is C34H41N5O3. The summed E-state index contributed by atoms with van der Waals surface area (Å²) in [6.45, 7) is 4.18. The Kier molecular flexibility index (Phi) is 8.16. The number of hydrogen-bond donors (Lipinski definition) is 2. The summed E-state index contributed by atoms with van der Waals surface area (Å²) in [5.74, 6) is 2.01. The fourth-order valence-corrected chi connectivity index (χ4v) is 7.07. The van der Waals surface area contributed by atoms with Gasteiger partial charge in [-0.3, -0.25) is 9.59 Å². The van der Waals surface area contributed by atoms with Crippen LogP contribution in [0.4, 0.5) is 11.5 Å². The standard InChI is InChI=1S/C34H41N5O3/c1-22-30(5-4-6-31(22)42-3)34(41)37-27-19-28-12-13-29(20-27)39(28)32-14-9-25(21-35-32)33(40)36-26-10-7-23(8-11-26)24-15-17-38(2)18-16-24/h4-11,14,21,24,27-29H,12-13,15-20H2,1-3H3,(H,36,40)(H,37,41)/t27?,28-,29+. The first-order valence-corrected chi connectivity index (χ1v) is 15.2. The molecule has 0 spiro atoms. The van der Waals surface area contributed by atoms with Gasteiger partial charge in [-0.25, -0.2) is 4.98 Å². The number of piperidine rings is 2. The fourth-order valence-electron chi connectivity index (χ4n) is 7.07. The number of amides is 2. The van der Waals surface area contributed by atoms with Crippen LogP contribution in [0.15, 0.2) is 60.8 Å². The van der Waals surface area contributed by atoms with Crippen LogP contribution in [0.5, 0.6) is 5.75 Å². The molecule has 0 aliphatic carbocycles. The Labute approximate surface area is 248 Å². The smallest absolute Gasteiger partial charge is 0.257 e. The molecule has 2 aromatic carbocycles. The normalized spacial score (nSPS) is 22.5. The summed E-state index contributed by atoms with van der Waals surface area (Å²) < 4.78 is 5.39. The Morgan fingerprint density at radius 2 is 1.62 bits per heavy atom. The molecule has 8 heteroatoms. The Bertz CT molecular complexity index is 1400. The zero-order valence-corrected chi connectivity index (χ0v) is 24.8. The van der Waals surface area contributed by atoms with Crippen molar-refractivity contribution in [2.45, 2.75) is 69.5 Å². The highest BCUT2D eigenvalue weighted by Gasteiger charge is 2.42. The van der Waals surface area contributed by atoms with Gasteiger partial charge in [0.25, 0.3) is 11.8 Å². The number of likely N-dealkylation sites (tertiary alicyclic amines) is 1. The molecule has 220 valence electrons. The van der Waals surface area contributed by atoms with Crippen molar-refractivity contribution >= 4 is 23.3 Å². The molecule has 1 unspecified atom stereocenters. The number of pyridine rings is 1. The number of anilines is 2. The summed E-state index contributed by atoms with van der Waals surface area (Å²) in [6.07, 6.45) is 7.94. The minimum absolute atomic E-state index is 0.0470. The Hall–Kier alpha value is -3.91. The molecule has 42 heavy (non-hydrogen) atoms. The van der Waals surface area contributed by atoms with Gasteiger partial charge >= 0.3 is 0 Å². The summed E-state index contributed by atoms with van der Waals surface area (Å²) in [5.41, 5.74) is 4.21. The Morgan fingerprint density at radius 3 is 2.26 bits per heavy atom. The average Bonchev–Trinajstić information content (AvgIpc) is 3.27. The van der Waals surface area contributed by atoms with Gasteiger partial charge in [-0.15, -0.1) is 0 Å². The molecule has 3 fully saturated rings. The van der Waals surface area contributed by atoms with Crippen LogP contribution in [0, 0.1) is 6.92 Å². The van der Waals surface area contributed by atoms with Crippen LogP contribution in [0.2, 0.25) is 0 Å². The average molecular weight is 568 g/mol. The lowest BCUT2D eigenvalue weighted by Gasteiger charge is -2.40. The van der Waals surface area contributed by atoms with E-state index in [0.29, 0.717) is 29.1 Å². The molecule has 4 heterocycles. The topological polar surface area (TPSA) is 86.8 Å². The van der Waals surface area contributed by atoms with Crippen LogP contribution in [0.1, 0.15) is 76.3 Å². The molecule has 2 amide bonds. The second kappa shape index (κ2) is 12.1. The predicted molar refractivity (Wildman–Crippen MR) is 166 cm³/mol. The van der Waals surface area contributed by atoms with E-state index < -0.39 is 0 Å². The molecule has 1 aromatic heterocycles. The minimum Gasteiger partial charge on any atom is -0.496 e. The van der Waals surface area contributed by atoms with E-state index in [2.05, 4.69) is 39.6 Å². The zero-order valence-electron chi connectivity index (χ0n) is 24.8. The molecule has 3 aromatic rings. The number of hydrogen-bond acceptors (Lipinski definition) is 6. The number of aromatic nitrogens is 1. The highest BCUT2D eigenvalue weighted by Crippen LogP contribution is 2.39. The van der Waals surface area contributed by atoms with Crippen LogP contribution < -0.4 is 20.3 Å². The van der Waals surface area contributed by atoms with E-state index in [-0.39, 0.29) is 17.9 Å². The summed E-state index contributed by atoms with van der Waals surface area (Å²) in [4.78, 5) is 35.5. The van der Waals surface area contributed by atoms with Gasteiger partial charge in [-0.05, 0) is 113 Å². The van der Waals surface area contributed by atoms with Crippen molar-refractivity contribution in [3.8, 4) is 5.75 Å². The van der Waals surface area contributed by atoms with Crippen LogP contribution in [0.25, 0.3) is 0 Å². The minimum atomic E-state index is -0.154. The van der Waals surface area contributed by atoms with E-state index in [0.717, 1.165) is 61.6 Å². The van der Waals surface area contributed by atoms with Crippen molar-refractivity contribution in [3.05, 3.63) is 83.0 Å². The fraction of sp³-hybridized carbons (Fsp3) is 0.441. The molecule has 3 aliphatic rings. The third-order valence-corrected chi connectivity index (χ3v) is 9.45. The monoisotopic (exact) mass is 567 g/mol. The number of fused-ring (bicyclic) bond motifs is 2. The molecule has 2 bridgehead atoms. The molecule has 6 rings (SSSR count). The lowest BCUT2D eigenvalue weighted by molar-refractivity contribution is 0.0925. The summed E-state index contributed by atoms with van der Waals surface area (Å²) >= 11 is 0. The highest BCUT2D eigenvalue weighted by atomic mass is 16.5. The van der Waals surface area contributed by atoms with Crippen LogP contribution in [0.3, 0.4) is 0 Å². The number of methoxy groups -OCH3 is 1. The molecule has 3 aliphatic heterocycles. The number of rotatable bonds is 7. The SMILES string of the molecule is COc1cccc(C(=O)NC2C[C@H]3CC[C@@H](C2)N3c2ccc(C(=O)Nc3ccc(C4CCN(C)CC4)cc3)cn2)c1C. The quantitative estimate of drug-likeness (QED) is 0.398. The van der Waals surface area contributed by atoms with Crippen molar-refractivity contribution in [2.75, 3.05) is 37.5 Å².